The zero-order chi connectivity index (χ0) is 14.8. The van der Waals surface area contributed by atoms with Crippen LogP contribution in [0.1, 0.15) is 43.0 Å². The zero-order valence-corrected chi connectivity index (χ0v) is 12.4. The van der Waals surface area contributed by atoms with E-state index in [0.717, 1.165) is 18.4 Å². The average molecular weight is 286 g/mol. The number of aromatic amines is 1. The third-order valence-corrected chi connectivity index (χ3v) is 4.26. The number of hydrogen-bond donors (Lipinski definition) is 3. The van der Waals surface area contributed by atoms with Crippen LogP contribution in [0.5, 0.6) is 0 Å². The van der Waals surface area contributed by atoms with Crippen molar-refractivity contribution >= 4 is 16.8 Å². The van der Waals surface area contributed by atoms with Gasteiger partial charge >= 0.3 is 0 Å². The van der Waals surface area contributed by atoms with Gasteiger partial charge in [-0.15, -0.1) is 0 Å². The molecule has 112 valence electrons. The second-order valence-electron chi connectivity index (χ2n) is 5.92. The molecule has 1 aromatic carbocycles. The molecule has 0 saturated heterocycles. The molecule has 2 aromatic rings. The number of benzene rings is 1. The van der Waals surface area contributed by atoms with Gasteiger partial charge in [-0.3, -0.25) is 4.79 Å². The van der Waals surface area contributed by atoms with E-state index in [2.05, 4.69) is 22.4 Å². The number of amides is 1. The first-order valence-corrected chi connectivity index (χ1v) is 7.73. The van der Waals surface area contributed by atoms with Gasteiger partial charge in [-0.2, -0.15) is 0 Å². The first-order chi connectivity index (χ1) is 10.1. The zero-order valence-electron chi connectivity index (χ0n) is 12.4. The Hall–Kier alpha value is -1.81. The van der Waals surface area contributed by atoms with Crippen molar-refractivity contribution in [3.63, 3.8) is 0 Å². The number of aliphatic hydroxyl groups is 1. The molecule has 21 heavy (non-hydrogen) atoms. The third kappa shape index (κ3) is 2.95. The van der Waals surface area contributed by atoms with Gasteiger partial charge in [0.05, 0.1) is 0 Å². The van der Waals surface area contributed by atoms with E-state index in [1.807, 2.05) is 6.07 Å². The summed E-state index contributed by atoms with van der Waals surface area (Å²) in [5, 5.41) is 13.2. The van der Waals surface area contributed by atoms with Crippen molar-refractivity contribution in [1.82, 2.24) is 10.3 Å². The molecular weight excluding hydrogens is 264 g/mol. The van der Waals surface area contributed by atoms with E-state index in [0.29, 0.717) is 6.54 Å². The van der Waals surface area contributed by atoms with E-state index in [1.165, 1.54) is 48.3 Å². The van der Waals surface area contributed by atoms with Gasteiger partial charge in [0.25, 0.3) is 0 Å². The summed E-state index contributed by atoms with van der Waals surface area (Å²) in [5.41, 5.74) is 5.09. The number of H-pyrrole nitrogens is 1. The van der Waals surface area contributed by atoms with Crippen LogP contribution in [-0.4, -0.2) is 22.1 Å². The highest BCUT2D eigenvalue weighted by Crippen LogP contribution is 2.29. The lowest BCUT2D eigenvalue weighted by Gasteiger charge is -2.07. The highest BCUT2D eigenvalue weighted by molar-refractivity contribution is 5.86. The molecular formula is C17H22N2O2. The highest BCUT2D eigenvalue weighted by Gasteiger charge is 2.14. The quantitative estimate of drug-likeness (QED) is 0.759. The van der Waals surface area contributed by atoms with Crippen molar-refractivity contribution in [1.29, 1.82) is 0 Å². The topological polar surface area (TPSA) is 65.1 Å². The minimum Gasteiger partial charge on any atom is -0.384 e. The van der Waals surface area contributed by atoms with Gasteiger partial charge in [0.15, 0.2) is 0 Å². The number of aliphatic hydroxyl groups excluding tert-OH is 1. The average Bonchev–Trinajstić information content (AvgIpc) is 2.66. The first kappa shape index (κ1) is 14.1. The molecule has 3 rings (SSSR count). The normalized spacial score (nSPS) is 16.3. The summed E-state index contributed by atoms with van der Waals surface area (Å²) in [7, 11) is 0. The smallest absolute Gasteiger partial charge is 0.248 e. The van der Waals surface area contributed by atoms with Gasteiger partial charge in [-0.25, -0.2) is 0 Å². The van der Waals surface area contributed by atoms with Gasteiger partial charge in [-0.1, -0.05) is 12.5 Å². The van der Waals surface area contributed by atoms with Crippen LogP contribution in [0.2, 0.25) is 0 Å². The van der Waals surface area contributed by atoms with E-state index in [1.54, 1.807) is 0 Å². The maximum atomic E-state index is 11.4. The van der Waals surface area contributed by atoms with Crippen molar-refractivity contribution in [2.75, 3.05) is 0 Å². The summed E-state index contributed by atoms with van der Waals surface area (Å²) in [5.74, 6) is -0.331. The fraction of sp³-hybridized carbons (Fsp3) is 0.471. The molecule has 1 amide bonds. The lowest BCUT2D eigenvalue weighted by atomic mass is 10.0. The van der Waals surface area contributed by atoms with Crippen molar-refractivity contribution in [3.8, 4) is 0 Å². The molecule has 0 saturated carbocycles. The van der Waals surface area contributed by atoms with Crippen LogP contribution in [-0.2, 0) is 24.2 Å². The fourth-order valence-corrected chi connectivity index (χ4v) is 3.08. The Labute approximate surface area is 124 Å². The van der Waals surface area contributed by atoms with Crippen molar-refractivity contribution in [2.24, 2.45) is 0 Å². The molecule has 4 nitrogen and oxygen atoms in total. The van der Waals surface area contributed by atoms with E-state index < -0.39 is 6.10 Å². The molecule has 1 aromatic heterocycles. The number of fused-ring (bicyclic) bond motifs is 3. The third-order valence-electron chi connectivity index (χ3n) is 4.26. The summed E-state index contributed by atoms with van der Waals surface area (Å²) in [6.07, 6.45) is 5.13. The molecule has 1 atom stereocenters. The maximum Gasteiger partial charge on any atom is 0.248 e. The largest absolute Gasteiger partial charge is 0.384 e. The van der Waals surface area contributed by atoms with Gasteiger partial charge in [0.2, 0.25) is 5.91 Å². The lowest BCUT2D eigenvalue weighted by Crippen LogP contribution is -2.31. The number of aryl methyl sites for hydroxylation is 2. The highest BCUT2D eigenvalue weighted by atomic mass is 16.3. The minimum atomic E-state index is -0.961. The minimum absolute atomic E-state index is 0.331. The number of aromatic nitrogens is 1. The first-order valence-electron chi connectivity index (χ1n) is 7.73. The van der Waals surface area contributed by atoms with Crippen LogP contribution in [0.4, 0.5) is 0 Å². The molecule has 1 heterocycles. The van der Waals surface area contributed by atoms with E-state index >= 15 is 0 Å². The molecule has 3 N–H and O–H groups in total. The van der Waals surface area contributed by atoms with Crippen molar-refractivity contribution in [3.05, 3.63) is 35.0 Å². The molecule has 0 aliphatic heterocycles. The van der Waals surface area contributed by atoms with Crippen LogP contribution in [0.25, 0.3) is 10.9 Å². The fourth-order valence-electron chi connectivity index (χ4n) is 3.08. The molecule has 0 fully saturated rings. The Morgan fingerprint density at radius 2 is 2.14 bits per heavy atom. The second kappa shape index (κ2) is 5.90. The van der Waals surface area contributed by atoms with E-state index in [4.69, 9.17) is 0 Å². The Morgan fingerprint density at radius 3 is 2.95 bits per heavy atom. The van der Waals surface area contributed by atoms with E-state index in [-0.39, 0.29) is 5.91 Å². The summed E-state index contributed by atoms with van der Waals surface area (Å²) in [6, 6.07) is 6.28. The molecule has 0 bridgehead atoms. The second-order valence-corrected chi connectivity index (χ2v) is 5.92. The number of carbonyl (C=O) groups excluding carboxylic acids is 1. The Balaban J connectivity index is 1.85. The van der Waals surface area contributed by atoms with Crippen LogP contribution in [0, 0.1) is 0 Å². The van der Waals surface area contributed by atoms with Crippen LogP contribution < -0.4 is 5.32 Å². The number of hydrogen-bond acceptors (Lipinski definition) is 2. The predicted molar refractivity (Wildman–Crippen MR) is 83.1 cm³/mol. The molecule has 4 heteroatoms. The summed E-state index contributed by atoms with van der Waals surface area (Å²) in [4.78, 5) is 15.0. The van der Waals surface area contributed by atoms with Gasteiger partial charge in [-0.05, 0) is 55.9 Å². The molecule has 1 aliphatic rings. The van der Waals surface area contributed by atoms with E-state index in [9.17, 15) is 9.90 Å². The maximum absolute atomic E-state index is 11.4. The monoisotopic (exact) mass is 286 g/mol. The number of nitrogens with one attached hydrogen (secondary N) is 2. The predicted octanol–water partition coefficient (Wildman–Crippen LogP) is 2.43. The van der Waals surface area contributed by atoms with Crippen LogP contribution in [0.3, 0.4) is 0 Å². The van der Waals surface area contributed by atoms with Gasteiger partial charge in [0.1, 0.15) is 6.10 Å². The molecule has 0 spiro atoms. The lowest BCUT2D eigenvalue weighted by molar-refractivity contribution is -0.128. The van der Waals surface area contributed by atoms with Gasteiger partial charge in [0, 0.05) is 23.1 Å². The van der Waals surface area contributed by atoms with Crippen molar-refractivity contribution in [2.45, 2.75) is 51.7 Å². The van der Waals surface area contributed by atoms with Crippen molar-refractivity contribution < 1.29 is 9.90 Å². The SMILES string of the molecule is C[C@H](O)C(=O)NCc1ccc2[nH]c3c(c2c1)CCCCC3. The molecule has 0 unspecified atom stereocenters. The Bertz CT molecular complexity index is 658. The Kier molecular flexibility index (Phi) is 3.97. The number of rotatable bonds is 3. The molecule has 1 aliphatic carbocycles. The van der Waals surface area contributed by atoms with Crippen LogP contribution in [0.15, 0.2) is 18.2 Å². The number of carbonyl (C=O) groups is 1. The molecule has 0 radical (unpaired) electrons. The summed E-state index contributed by atoms with van der Waals surface area (Å²) < 4.78 is 0. The standard InChI is InChI=1S/C17H22N2O2/c1-11(20)17(21)18-10-12-7-8-16-14(9-12)13-5-3-2-4-6-15(13)19-16/h7-9,11,19-20H,2-6,10H2,1H3,(H,18,21)/t11-/m0/s1. The van der Waals surface area contributed by atoms with Gasteiger partial charge < -0.3 is 15.4 Å². The summed E-state index contributed by atoms with van der Waals surface area (Å²) >= 11 is 0. The van der Waals surface area contributed by atoms with Crippen LogP contribution >= 0.6 is 0 Å². The Morgan fingerprint density at radius 1 is 1.33 bits per heavy atom. The summed E-state index contributed by atoms with van der Waals surface area (Å²) in [6.45, 7) is 1.93.